The van der Waals surface area contributed by atoms with E-state index in [0.29, 0.717) is 13.2 Å². The first-order chi connectivity index (χ1) is 8.59. The Morgan fingerprint density at radius 1 is 1.39 bits per heavy atom. The Kier molecular flexibility index (Phi) is 4.28. The Labute approximate surface area is 113 Å². The standard InChI is InChI=1S/C14H20ClNO2/c1-10-3-4-11(9-12(10)15)13(16)14(17-2)5-7-18-8-6-14/h3-4,9,13H,5-8,16H2,1-2H3. The summed E-state index contributed by atoms with van der Waals surface area (Å²) >= 11 is 6.16. The molecule has 0 radical (unpaired) electrons. The predicted molar refractivity (Wildman–Crippen MR) is 72.9 cm³/mol. The van der Waals surface area contributed by atoms with Gasteiger partial charge in [-0.2, -0.15) is 0 Å². The van der Waals surface area contributed by atoms with Crippen LogP contribution in [0.5, 0.6) is 0 Å². The molecule has 18 heavy (non-hydrogen) atoms. The maximum absolute atomic E-state index is 6.39. The molecular formula is C14H20ClNO2. The second kappa shape index (κ2) is 5.57. The van der Waals surface area contributed by atoms with Crippen molar-refractivity contribution >= 4 is 11.6 Å². The fraction of sp³-hybridized carbons (Fsp3) is 0.571. The number of ether oxygens (including phenoxy) is 2. The zero-order chi connectivity index (χ0) is 13.2. The maximum atomic E-state index is 6.39. The molecule has 1 heterocycles. The SMILES string of the molecule is COC1(C(N)c2ccc(C)c(Cl)c2)CCOCC1. The number of benzene rings is 1. The van der Waals surface area contributed by atoms with Gasteiger partial charge in [0.05, 0.1) is 11.6 Å². The molecule has 0 bridgehead atoms. The molecule has 0 aromatic heterocycles. The first-order valence-corrected chi connectivity index (χ1v) is 6.61. The van der Waals surface area contributed by atoms with Gasteiger partial charge in [-0.15, -0.1) is 0 Å². The molecule has 2 rings (SSSR count). The number of aryl methyl sites for hydroxylation is 1. The summed E-state index contributed by atoms with van der Waals surface area (Å²) in [6, 6.07) is 5.80. The van der Waals surface area contributed by atoms with Crippen LogP contribution in [-0.2, 0) is 9.47 Å². The van der Waals surface area contributed by atoms with Crippen LogP contribution in [0.4, 0.5) is 0 Å². The topological polar surface area (TPSA) is 44.5 Å². The van der Waals surface area contributed by atoms with E-state index >= 15 is 0 Å². The van der Waals surface area contributed by atoms with Crippen molar-refractivity contribution in [2.24, 2.45) is 5.73 Å². The fourth-order valence-electron chi connectivity index (χ4n) is 2.47. The third-order valence-corrected chi connectivity index (χ3v) is 4.27. The molecular weight excluding hydrogens is 250 g/mol. The summed E-state index contributed by atoms with van der Waals surface area (Å²) in [5.41, 5.74) is 8.14. The highest BCUT2D eigenvalue weighted by molar-refractivity contribution is 6.31. The number of nitrogens with two attached hydrogens (primary N) is 1. The van der Waals surface area contributed by atoms with Gasteiger partial charge in [0.25, 0.3) is 0 Å². The molecule has 1 fully saturated rings. The van der Waals surface area contributed by atoms with Gasteiger partial charge in [0.15, 0.2) is 0 Å². The Balaban J connectivity index is 2.27. The van der Waals surface area contributed by atoms with Crippen LogP contribution >= 0.6 is 11.6 Å². The fourth-order valence-corrected chi connectivity index (χ4v) is 2.65. The molecule has 100 valence electrons. The lowest BCUT2D eigenvalue weighted by atomic mass is 9.82. The number of halogens is 1. The van der Waals surface area contributed by atoms with E-state index in [1.807, 2.05) is 25.1 Å². The van der Waals surface area contributed by atoms with E-state index in [4.69, 9.17) is 26.8 Å². The summed E-state index contributed by atoms with van der Waals surface area (Å²) in [5, 5.41) is 0.751. The third kappa shape index (κ3) is 2.54. The Morgan fingerprint density at radius 2 is 2.06 bits per heavy atom. The van der Waals surface area contributed by atoms with E-state index in [1.54, 1.807) is 7.11 Å². The minimum absolute atomic E-state index is 0.176. The Bertz CT molecular complexity index is 416. The average molecular weight is 270 g/mol. The van der Waals surface area contributed by atoms with Crippen LogP contribution in [0.15, 0.2) is 18.2 Å². The molecule has 1 aliphatic rings. The van der Waals surface area contributed by atoms with Gasteiger partial charge >= 0.3 is 0 Å². The van der Waals surface area contributed by atoms with Crippen LogP contribution in [0.2, 0.25) is 5.02 Å². The molecule has 2 N–H and O–H groups in total. The van der Waals surface area contributed by atoms with Crippen molar-refractivity contribution in [1.29, 1.82) is 0 Å². The lowest BCUT2D eigenvalue weighted by Crippen LogP contribution is -2.47. The normalized spacial score (nSPS) is 20.7. The zero-order valence-corrected chi connectivity index (χ0v) is 11.7. The third-order valence-electron chi connectivity index (χ3n) is 3.87. The van der Waals surface area contributed by atoms with Crippen LogP contribution in [-0.4, -0.2) is 25.9 Å². The highest BCUT2D eigenvalue weighted by Gasteiger charge is 2.39. The number of methoxy groups -OCH3 is 1. The highest BCUT2D eigenvalue weighted by atomic mass is 35.5. The molecule has 1 aliphatic heterocycles. The van der Waals surface area contributed by atoms with E-state index in [0.717, 1.165) is 29.0 Å². The first-order valence-electron chi connectivity index (χ1n) is 6.23. The Hall–Kier alpha value is -0.610. The smallest absolute Gasteiger partial charge is 0.0914 e. The Morgan fingerprint density at radius 3 is 2.61 bits per heavy atom. The average Bonchev–Trinajstić information content (AvgIpc) is 2.42. The number of hydrogen-bond donors (Lipinski definition) is 1. The van der Waals surface area contributed by atoms with Gasteiger partial charge in [0.2, 0.25) is 0 Å². The minimum atomic E-state index is -0.336. The molecule has 0 aliphatic carbocycles. The molecule has 3 nitrogen and oxygen atoms in total. The van der Waals surface area contributed by atoms with Gasteiger partial charge < -0.3 is 15.2 Å². The maximum Gasteiger partial charge on any atom is 0.0914 e. The summed E-state index contributed by atoms with van der Waals surface area (Å²) in [6.07, 6.45) is 1.63. The van der Waals surface area contributed by atoms with E-state index in [9.17, 15) is 0 Å². The quantitative estimate of drug-likeness (QED) is 0.918. The first kappa shape index (κ1) is 13.8. The van der Waals surface area contributed by atoms with Crippen molar-refractivity contribution in [1.82, 2.24) is 0 Å². The van der Waals surface area contributed by atoms with Gasteiger partial charge in [0.1, 0.15) is 0 Å². The number of hydrogen-bond acceptors (Lipinski definition) is 3. The van der Waals surface area contributed by atoms with Crippen molar-refractivity contribution in [3.8, 4) is 0 Å². The van der Waals surface area contributed by atoms with Crippen molar-refractivity contribution in [3.05, 3.63) is 34.3 Å². The second-order valence-electron chi connectivity index (χ2n) is 4.87. The highest BCUT2D eigenvalue weighted by Crippen LogP contribution is 2.36. The van der Waals surface area contributed by atoms with Crippen molar-refractivity contribution in [2.45, 2.75) is 31.4 Å². The predicted octanol–water partition coefficient (Wildman–Crippen LogP) is 2.84. The largest absolute Gasteiger partial charge is 0.381 e. The van der Waals surface area contributed by atoms with Crippen LogP contribution in [0.3, 0.4) is 0 Å². The summed E-state index contributed by atoms with van der Waals surface area (Å²) in [4.78, 5) is 0. The van der Waals surface area contributed by atoms with Gasteiger partial charge in [0, 0.05) is 38.2 Å². The molecule has 1 aromatic rings. The zero-order valence-electron chi connectivity index (χ0n) is 10.9. The molecule has 0 spiro atoms. The van der Waals surface area contributed by atoms with E-state index < -0.39 is 0 Å². The van der Waals surface area contributed by atoms with E-state index in [2.05, 4.69) is 0 Å². The van der Waals surface area contributed by atoms with E-state index in [-0.39, 0.29) is 11.6 Å². The summed E-state index contributed by atoms with van der Waals surface area (Å²) in [7, 11) is 1.72. The monoisotopic (exact) mass is 269 g/mol. The van der Waals surface area contributed by atoms with Gasteiger partial charge in [-0.1, -0.05) is 23.7 Å². The molecule has 1 atom stereocenters. The molecule has 1 unspecified atom stereocenters. The van der Waals surface area contributed by atoms with Crippen molar-refractivity contribution in [3.63, 3.8) is 0 Å². The number of rotatable bonds is 3. The molecule has 0 amide bonds. The summed E-state index contributed by atoms with van der Waals surface area (Å²) < 4.78 is 11.1. The van der Waals surface area contributed by atoms with Gasteiger partial charge in [-0.3, -0.25) is 0 Å². The van der Waals surface area contributed by atoms with Crippen molar-refractivity contribution in [2.75, 3.05) is 20.3 Å². The van der Waals surface area contributed by atoms with Gasteiger partial charge in [-0.05, 0) is 24.1 Å². The van der Waals surface area contributed by atoms with Crippen LogP contribution in [0.25, 0.3) is 0 Å². The van der Waals surface area contributed by atoms with Crippen molar-refractivity contribution < 1.29 is 9.47 Å². The summed E-state index contributed by atoms with van der Waals surface area (Å²) in [6.45, 7) is 3.38. The lowest BCUT2D eigenvalue weighted by molar-refractivity contribution is -0.105. The summed E-state index contributed by atoms with van der Waals surface area (Å²) in [5.74, 6) is 0. The van der Waals surface area contributed by atoms with E-state index in [1.165, 1.54) is 0 Å². The van der Waals surface area contributed by atoms with Gasteiger partial charge in [-0.25, -0.2) is 0 Å². The molecule has 1 saturated heterocycles. The molecule has 0 saturated carbocycles. The lowest BCUT2D eigenvalue weighted by Gasteiger charge is -2.40. The minimum Gasteiger partial charge on any atom is -0.381 e. The molecule has 4 heteroatoms. The van der Waals surface area contributed by atoms with Crippen LogP contribution < -0.4 is 5.73 Å². The van der Waals surface area contributed by atoms with Crippen LogP contribution in [0.1, 0.15) is 30.0 Å². The second-order valence-corrected chi connectivity index (χ2v) is 5.27. The van der Waals surface area contributed by atoms with Crippen LogP contribution in [0, 0.1) is 6.92 Å². The molecule has 1 aromatic carbocycles.